The van der Waals surface area contributed by atoms with E-state index in [0.717, 1.165) is 9.87 Å². The maximum absolute atomic E-state index is 14.1. The number of halogens is 2. The summed E-state index contributed by atoms with van der Waals surface area (Å²) < 4.78 is 34.0. The Kier molecular flexibility index (Phi) is 10.7. The van der Waals surface area contributed by atoms with Crippen molar-refractivity contribution in [1.82, 2.24) is 10.2 Å². The monoisotopic (exact) mass is 619 g/mol. The van der Waals surface area contributed by atoms with Gasteiger partial charge in [0.1, 0.15) is 18.3 Å². The third-order valence-corrected chi connectivity index (χ3v) is 8.72. The molecule has 2 amide bonds. The van der Waals surface area contributed by atoms with Crippen LogP contribution in [0.3, 0.4) is 0 Å². The van der Waals surface area contributed by atoms with Gasteiger partial charge in [-0.3, -0.25) is 13.9 Å². The van der Waals surface area contributed by atoms with Gasteiger partial charge >= 0.3 is 0 Å². The SMILES string of the molecule is CC[C@@H](C(=O)NC(C)(C)C)N(Cc1ccc(OC)cc1)C(=O)CN(c1ccc(Cl)c(Cl)c1)S(=O)(=O)c1ccccc1. The van der Waals surface area contributed by atoms with E-state index in [1.54, 1.807) is 56.5 Å². The Hall–Kier alpha value is -3.27. The van der Waals surface area contributed by atoms with Gasteiger partial charge in [0, 0.05) is 12.1 Å². The Balaban J connectivity index is 2.08. The average molecular weight is 621 g/mol. The summed E-state index contributed by atoms with van der Waals surface area (Å²) in [5.74, 6) is -0.264. The molecule has 0 fully saturated rings. The highest BCUT2D eigenvalue weighted by Crippen LogP contribution is 2.31. The van der Waals surface area contributed by atoms with Gasteiger partial charge in [0.05, 0.1) is 27.7 Å². The maximum atomic E-state index is 14.1. The highest BCUT2D eigenvalue weighted by atomic mass is 35.5. The molecule has 1 atom stereocenters. The summed E-state index contributed by atoms with van der Waals surface area (Å²) in [5.41, 5.74) is 0.364. The van der Waals surface area contributed by atoms with E-state index < -0.39 is 34.1 Å². The summed E-state index contributed by atoms with van der Waals surface area (Å²) in [5, 5.41) is 3.32. The van der Waals surface area contributed by atoms with Gasteiger partial charge in [-0.05, 0) is 75.2 Å². The molecule has 0 saturated heterocycles. The molecule has 0 heterocycles. The zero-order valence-electron chi connectivity index (χ0n) is 23.7. The lowest BCUT2D eigenvalue weighted by atomic mass is 10.1. The van der Waals surface area contributed by atoms with E-state index in [9.17, 15) is 18.0 Å². The minimum absolute atomic E-state index is 0.00176. The van der Waals surface area contributed by atoms with Crippen LogP contribution in [0.15, 0.2) is 77.7 Å². The van der Waals surface area contributed by atoms with Gasteiger partial charge in [-0.1, -0.05) is 60.5 Å². The van der Waals surface area contributed by atoms with Crippen molar-refractivity contribution >= 4 is 50.7 Å². The van der Waals surface area contributed by atoms with E-state index in [1.807, 2.05) is 20.8 Å². The number of sulfonamides is 1. The van der Waals surface area contributed by atoms with Crippen LogP contribution in [0.2, 0.25) is 10.0 Å². The molecule has 3 aromatic rings. The van der Waals surface area contributed by atoms with Crippen LogP contribution < -0.4 is 14.4 Å². The predicted octanol–water partition coefficient (Wildman–Crippen LogP) is 5.92. The number of nitrogens with zero attached hydrogens (tertiary/aromatic N) is 2. The van der Waals surface area contributed by atoms with E-state index >= 15 is 0 Å². The Bertz CT molecular complexity index is 1460. The molecular weight excluding hydrogens is 585 g/mol. The molecule has 0 radical (unpaired) electrons. The minimum atomic E-state index is -4.21. The number of anilines is 1. The first-order valence-corrected chi connectivity index (χ1v) is 15.2. The van der Waals surface area contributed by atoms with Crippen molar-refractivity contribution in [3.8, 4) is 5.75 Å². The summed E-state index contributed by atoms with van der Waals surface area (Å²) in [4.78, 5) is 28.9. The largest absolute Gasteiger partial charge is 0.497 e. The van der Waals surface area contributed by atoms with Crippen LogP contribution in [0.4, 0.5) is 5.69 Å². The Morgan fingerprint density at radius 3 is 2.12 bits per heavy atom. The number of methoxy groups -OCH3 is 1. The molecule has 3 aromatic carbocycles. The number of hydrogen-bond donors (Lipinski definition) is 1. The fraction of sp³-hybridized carbons (Fsp3) is 0.333. The molecule has 0 saturated carbocycles. The van der Waals surface area contributed by atoms with Crippen LogP contribution in [0.5, 0.6) is 5.75 Å². The fourth-order valence-electron chi connectivity index (χ4n) is 4.19. The highest BCUT2D eigenvalue weighted by Gasteiger charge is 2.34. The van der Waals surface area contributed by atoms with Crippen LogP contribution in [-0.2, 0) is 26.2 Å². The standard InChI is InChI=1S/C30H35Cl2N3O5S/c1-6-27(29(37)33-30(2,3)4)34(19-21-12-15-23(40-5)16-13-21)28(36)20-35(22-14-17-25(31)26(32)18-22)41(38,39)24-10-8-7-9-11-24/h7-18,27H,6,19-20H2,1-5H3,(H,33,37)/t27-/m0/s1. The lowest BCUT2D eigenvalue weighted by molar-refractivity contribution is -0.141. The molecule has 220 valence electrons. The van der Waals surface area contributed by atoms with Gasteiger partial charge in [0.2, 0.25) is 11.8 Å². The van der Waals surface area contributed by atoms with Crippen molar-refractivity contribution in [2.24, 2.45) is 0 Å². The fourth-order valence-corrected chi connectivity index (χ4v) is 5.91. The van der Waals surface area contributed by atoms with E-state index in [2.05, 4.69) is 5.32 Å². The highest BCUT2D eigenvalue weighted by molar-refractivity contribution is 7.92. The quantitative estimate of drug-likeness (QED) is 0.287. The molecule has 3 rings (SSSR count). The number of amides is 2. The zero-order chi connectivity index (χ0) is 30.4. The second-order valence-electron chi connectivity index (χ2n) is 10.5. The van der Waals surface area contributed by atoms with Crippen molar-refractivity contribution in [2.75, 3.05) is 18.0 Å². The Morgan fingerprint density at radius 1 is 0.951 bits per heavy atom. The van der Waals surface area contributed by atoms with E-state index in [1.165, 1.54) is 35.2 Å². The topological polar surface area (TPSA) is 96.0 Å². The summed E-state index contributed by atoms with van der Waals surface area (Å²) in [6.07, 6.45) is 0.308. The van der Waals surface area contributed by atoms with Crippen LogP contribution in [0, 0.1) is 0 Å². The van der Waals surface area contributed by atoms with Gasteiger partial charge in [-0.2, -0.15) is 0 Å². The van der Waals surface area contributed by atoms with Crippen LogP contribution >= 0.6 is 23.2 Å². The maximum Gasteiger partial charge on any atom is 0.264 e. The zero-order valence-corrected chi connectivity index (χ0v) is 26.1. The number of benzene rings is 3. The average Bonchev–Trinajstić information content (AvgIpc) is 2.92. The molecule has 0 spiro atoms. The van der Waals surface area contributed by atoms with Gasteiger partial charge in [-0.15, -0.1) is 0 Å². The smallest absolute Gasteiger partial charge is 0.264 e. The predicted molar refractivity (Wildman–Crippen MR) is 163 cm³/mol. The van der Waals surface area contributed by atoms with Gasteiger partial charge in [0.15, 0.2) is 0 Å². The minimum Gasteiger partial charge on any atom is -0.497 e. The first-order chi connectivity index (χ1) is 19.3. The molecule has 0 aromatic heterocycles. The van der Waals surface area contributed by atoms with Gasteiger partial charge in [0.25, 0.3) is 10.0 Å². The van der Waals surface area contributed by atoms with Crippen LogP contribution in [-0.4, -0.2) is 50.4 Å². The van der Waals surface area contributed by atoms with Crippen molar-refractivity contribution in [2.45, 2.75) is 57.1 Å². The molecule has 8 nitrogen and oxygen atoms in total. The molecular formula is C30H35Cl2N3O5S. The first kappa shape index (κ1) is 32.2. The number of hydrogen-bond acceptors (Lipinski definition) is 5. The van der Waals surface area contributed by atoms with Crippen LogP contribution in [0.1, 0.15) is 39.7 Å². The van der Waals surface area contributed by atoms with Crippen molar-refractivity contribution < 1.29 is 22.7 Å². The molecule has 0 unspecified atom stereocenters. The van der Waals surface area contributed by atoms with Gasteiger partial charge < -0.3 is 15.0 Å². The number of carbonyl (C=O) groups excluding carboxylic acids is 2. The molecule has 1 N–H and O–H groups in total. The van der Waals surface area contributed by atoms with Gasteiger partial charge in [-0.25, -0.2) is 8.42 Å². The first-order valence-electron chi connectivity index (χ1n) is 13.0. The third-order valence-electron chi connectivity index (χ3n) is 6.20. The molecule has 11 heteroatoms. The Labute approximate surface area is 252 Å². The van der Waals surface area contributed by atoms with Crippen molar-refractivity contribution in [3.63, 3.8) is 0 Å². The molecule has 41 heavy (non-hydrogen) atoms. The summed E-state index contributed by atoms with van der Waals surface area (Å²) in [6, 6.07) is 18.4. The molecule has 0 aliphatic carbocycles. The molecule has 0 aliphatic rings. The van der Waals surface area contributed by atoms with Crippen molar-refractivity contribution in [3.05, 3.63) is 88.4 Å². The van der Waals surface area contributed by atoms with E-state index in [4.69, 9.17) is 27.9 Å². The number of ether oxygens (including phenoxy) is 1. The summed E-state index contributed by atoms with van der Waals surface area (Å²) in [7, 11) is -2.65. The van der Waals surface area contributed by atoms with E-state index in [0.29, 0.717) is 12.2 Å². The van der Waals surface area contributed by atoms with E-state index in [-0.39, 0.29) is 33.1 Å². The molecule has 0 aliphatic heterocycles. The molecule has 0 bridgehead atoms. The number of nitrogens with one attached hydrogen (secondary N) is 1. The Morgan fingerprint density at radius 2 is 1.59 bits per heavy atom. The summed E-state index contributed by atoms with van der Waals surface area (Å²) in [6.45, 7) is 6.85. The number of carbonyl (C=O) groups is 2. The summed E-state index contributed by atoms with van der Waals surface area (Å²) >= 11 is 12.4. The third kappa shape index (κ3) is 8.38. The normalized spacial score (nSPS) is 12.4. The lowest BCUT2D eigenvalue weighted by Gasteiger charge is -2.34. The van der Waals surface area contributed by atoms with Crippen molar-refractivity contribution in [1.29, 1.82) is 0 Å². The second kappa shape index (κ2) is 13.6. The second-order valence-corrected chi connectivity index (χ2v) is 13.1. The lowest BCUT2D eigenvalue weighted by Crippen LogP contribution is -2.55. The number of rotatable bonds is 11. The van der Waals surface area contributed by atoms with Crippen LogP contribution in [0.25, 0.3) is 0 Å².